The molecule has 0 unspecified atom stereocenters. The van der Waals surface area contributed by atoms with E-state index >= 15 is 0 Å². The van der Waals surface area contributed by atoms with E-state index in [1.807, 2.05) is 26.0 Å². The fourth-order valence-corrected chi connectivity index (χ4v) is 1.23. The molecule has 74 valence electrons. The quantitative estimate of drug-likeness (QED) is 0.730. The van der Waals surface area contributed by atoms with Gasteiger partial charge in [0.15, 0.2) is 0 Å². The van der Waals surface area contributed by atoms with Gasteiger partial charge in [0.05, 0.1) is 5.69 Å². The first kappa shape index (κ1) is 10.5. The highest BCUT2D eigenvalue weighted by Crippen LogP contribution is 2.16. The molecule has 0 aliphatic heterocycles. The summed E-state index contributed by atoms with van der Waals surface area (Å²) in [6.45, 7) is 6.08. The Morgan fingerprint density at radius 2 is 1.93 bits per heavy atom. The molecule has 2 heteroatoms. The van der Waals surface area contributed by atoms with Crippen LogP contribution in [-0.4, -0.2) is 10.2 Å². The van der Waals surface area contributed by atoms with Gasteiger partial charge in [-0.2, -0.15) is 5.10 Å². The van der Waals surface area contributed by atoms with E-state index in [4.69, 9.17) is 0 Å². The van der Waals surface area contributed by atoms with Crippen LogP contribution in [0.3, 0.4) is 0 Å². The molecule has 0 amide bonds. The van der Waals surface area contributed by atoms with Gasteiger partial charge in [-0.1, -0.05) is 37.6 Å². The molecule has 1 aromatic carbocycles. The van der Waals surface area contributed by atoms with Crippen LogP contribution in [0.5, 0.6) is 0 Å². The molecule has 1 N–H and O–H groups in total. The molecule has 1 aromatic heterocycles. The van der Waals surface area contributed by atoms with Crippen LogP contribution in [0.1, 0.15) is 19.4 Å². The van der Waals surface area contributed by atoms with Crippen LogP contribution in [0.2, 0.25) is 0 Å². The average Bonchev–Trinajstić information content (AvgIpc) is 2.74. The summed E-state index contributed by atoms with van der Waals surface area (Å²) in [4.78, 5) is 0. The number of nitrogens with one attached hydrogen (secondary N) is 1. The SMILES string of the molecule is CC.Cc1cccc(-c2ccn[nH]2)c1. The molecular weight excluding hydrogens is 172 g/mol. The topological polar surface area (TPSA) is 28.7 Å². The summed E-state index contributed by atoms with van der Waals surface area (Å²) >= 11 is 0. The summed E-state index contributed by atoms with van der Waals surface area (Å²) in [7, 11) is 0. The van der Waals surface area contributed by atoms with Gasteiger partial charge in [0, 0.05) is 6.20 Å². The molecule has 0 saturated heterocycles. The van der Waals surface area contributed by atoms with Gasteiger partial charge in [0.1, 0.15) is 0 Å². The third-order valence-electron chi connectivity index (χ3n) is 1.83. The lowest BCUT2D eigenvalue weighted by atomic mass is 10.1. The molecule has 0 aliphatic carbocycles. The first-order valence-electron chi connectivity index (χ1n) is 4.93. The zero-order valence-electron chi connectivity index (χ0n) is 8.91. The van der Waals surface area contributed by atoms with E-state index in [2.05, 4.69) is 35.3 Å². The highest BCUT2D eigenvalue weighted by molar-refractivity contribution is 5.59. The Labute approximate surface area is 85.0 Å². The van der Waals surface area contributed by atoms with E-state index < -0.39 is 0 Å². The van der Waals surface area contributed by atoms with Gasteiger partial charge in [-0.15, -0.1) is 0 Å². The predicted molar refractivity (Wildman–Crippen MR) is 60.1 cm³/mol. The minimum atomic E-state index is 1.07. The van der Waals surface area contributed by atoms with E-state index in [-0.39, 0.29) is 0 Å². The van der Waals surface area contributed by atoms with Crippen LogP contribution in [-0.2, 0) is 0 Å². The van der Waals surface area contributed by atoms with Gasteiger partial charge in [0.2, 0.25) is 0 Å². The number of aromatic amines is 1. The molecule has 0 radical (unpaired) electrons. The zero-order valence-corrected chi connectivity index (χ0v) is 8.91. The lowest BCUT2D eigenvalue weighted by Gasteiger charge is -1.97. The molecule has 2 aromatic rings. The number of aromatic nitrogens is 2. The second kappa shape index (κ2) is 5.22. The Balaban J connectivity index is 0.000000461. The minimum absolute atomic E-state index is 1.07. The Bertz CT molecular complexity index is 364. The fourth-order valence-electron chi connectivity index (χ4n) is 1.23. The monoisotopic (exact) mass is 188 g/mol. The molecule has 1 heterocycles. The van der Waals surface area contributed by atoms with E-state index in [9.17, 15) is 0 Å². The molecule has 0 fully saturated rings. The maximum absolute atomic E-state index is 3.90. The number of nitrogens with zero attached hydrogens (tertiary/aromatic N) is 1. The van der Waals surface area contributed by atoms with E-state index in [1.54, 1.807) is 6.20 Å². The van der Waals surface area contributed by atoms with Crippen LogP contribution >= 0.6 is 0 Å². The van der Waals surface area contributed by atoms with Gasteiger partial charge < -0.3 is 0 Å². The molecule has 0 aliphatic rings. The standard InChI is InChI=1S/C10H10N2.C2H6/c1-8-3-2-4-9(7-8)10-5-6-11-12-10;1-2/h2-7H,1H3,(H,11,12);1-2H3. The normalized spacial score (nSPS) is 9.07. The zero-order chi connectivity index (χ0) is 10.4. The van der Waals surface area contributed by atoms with Crippen molar-refractivity contribution < 1.29 is 0 Å². The van der Waals surface area contributed by atoms with Crippen LogP contribution in [0, 0.1) is 6.92 Å². The smallest absolute Gasteiger partial charge is 0.0650 e. The number of H-pyrrole nitrogens is 1. The maximum Gasteiger partial charge on any atom is 0.0650 e. The molecule has 0 atom stereocenters. The van der Waals surface area contributed by atoms with Crippen LogP contribution in [0.4, 0.5) is 0 Å². The third kappa shape index (κ3) is 2.46. The number of rotatable bonds is 1. The Hall–Kier alpha value is -1.57. The largest absolute Gasteiger partial charge is 0.278 e. The van der Waals surface area contributed by atoms with E-state index in [0.717, 1.165) is 5.69 Å². The first-order valence-corrected chi connectivity index (χ1v) is 4.93. The molecule has 2 rings (SSSR count). The second-order valence-corrected chi connectivity index (χ2v) is 2.84. The van der Waals surface area contributed by atoms with Gasteiger partial charge in [-0.3, -0.25) is 5.10 Å². The van der Waals surface area contributed by atoms with Gasteiger partial charge in [0.25, 0.3) is 0 Å². The summed E-state index contributed by atoms with van der Waals surface area (Å²) < 4.78 is 0. The first-order chi connectivity index (χ1) is 6.86. The molecular formula is C12H16N2. The van der Waals surface area contributed by atoms with Crippen molar-refractivity contribution in [3.63, 3.8) is 0 Å². The summed E-state index contributed by atoms with van der Waals surface area (Å²) in [6.07, 6.45) is 1.76. The highest BCUT2D eigenvalue weighted by atomic mass is 15.1. The summed E-state index contributed by atoms with van der Waals surface area (Å²) in [5.41, 5.74) is 3.52. The van der Waals surface area contributed by atoms with Crippen molar-refractivity contribution in [2.45, 2.75) is 20.8 Å². The molecule has 0 spiro atoms. The van der Waals surface area contributed by atoms with Crippen LogP contribution in [0.25, 0.3) is 11.3 Å². The van der Waals surface area contributed by atoms with Crippen molar-refractivity contribution in [1.29, 1.82) is 0 Å². The van der Waals surface area contributed by atoms with E-state index in [0.29, 0.717) is 0 Å². The summed E-state index contributed by atoms with van der Waals surface area (Å²) in [5.74, 6) is 0. The molecule has 14 heavy (non-hydrogen) atoms. The molecule has 2 nitrogen and oxygen atoms in total. The Kier molecular flexibility index (Phi) is 3.92. The third-order valence-corrected chi connectivity index (χ3v) is 1.83. The number of aryl methyl sites for hydroxylation is 1. The van der Waals surface area contributed by atoms with Gasteiger partial charge in [-0.25, -0.2) is 0 Å². The fraction of sp³-hybridized carbons (Fsp3) is 0.250. The summed E-state index contributed by atoms with van der Waals surface area (Å²) in [5, 5.41) is 6.83. The van der Waals surface area contributed by atoms with E-state index in [1.165, 1.54) is 11.1 Å². The number of hydrogen-bond acceptors (Lipinski definition) is 1. The van der Waals surface area contributed by atoms with Crippen molar-refractivity contribution in [3.8, 4) is 11.3 Å². The summed E-state index contributed by atoms with van der Waals surface area (Å²) in [6, 6.07) is 10.3. The Morgan fingerprint density at radius 3 is 2.50 bits per heavy atom. The average molecular weight is 188 g/mol. The molecule has 0 saturated carbocycles. The van der Waals surface area contributed by atoms with Crippen LogP contribution in [0.15, 0.2) is 36.5 Å². The van der Waals surface area contributed by atoms with Crippen molar-refractivity contribution in [2.24, 2.45) is 0 Å². The van der Waals surface area contributed by atoms with Crippen LogP contribution < -0.4 is 0 Å². The number of hydrogen-bond donors (Lipinski definition) is 1. The van der Waals surface area contributed by atoms with Crippen molar-refractivity contribution in [2.75, 3.05) is 0 Å². The lowest BCUT2D eigenvalue weighted by molar-refractivity contribution is 1.09. The van der Waals surface area contributed by atoms with Crippen molar-refractivity contribution in [3.05, 3.63) is 42.1 Å². The number of benzene rings is 1. The lowest BCUT2D eigenvalue weighted by Crippen LogP contribution is -1.78. The van der Waals surface area contributed by atoms with Gasteiger partial charge in [-0.05, 0) is 24.6 Å². The van der Waals surface area contributed by atoms with Gasteiger partial charge >= 0.3 is 0 Å². The van der Waals surface area contributed by atoms with Crippen molar-refractivity contribution in [1.82, 2.24) is 10.2 Å². The predicted octanol–water partition coefficient (Wildman–Crippen LogP) is 3.41. The highest BCUT2D eigenvalue weighted by Gasteiger charge is 1.96. The second-order valence-electron chi connectivity index (χ2n) is 2.84. The Morgan fingerprint density at radius 1 is 1.14 bits per heavy atom. The maximum atomic E-state index is 3.90. The molecule has 0 bridgehead atoms. The van der Waals surface area contributed by atoms with Crippen molar-refractivity contribution >= 4 is 0 Å². The minimum Gasteiger partial charge on any atom is -0.278 e.